The molecule has 1 aliphatic heterocycles. The van der Waals surface area contributed by atoms with Crippen LogP contribution in [-0.2, 0) is 21.1 Å². The first-order valence-electron chi connectivity index (χ1n) is 13.2. The summed E-state index contributed by atoms with van der Waals surface area (Å²) in [6.07, 6.45) is 3.14. The number of aryl methyl sites for hydroxylation is 1. The number of nitrogens with zero attached hydrogens (tertiary/aromatic N) is 4. The van der Waals surface area contributed by atoms with Crippen LogP contribution in [0.1, 0.15) is 41.0 Å². The lowest BCUT2D eigenvalue weighted by Crippen LogP contribution is -2.45. The highest BCUT2D eigenvalue weighted by Gasteiger charge is 2.23. The Labute approximate surface area is 234 Å². The van der Waals surface area contributed by atoms with Crippen molar-refractivity contribution in [3.63, 3.8) is 0 Å². The van der Waals surface area contributed by atoms with Gasteiger partial charge in [0, 0.05) is 36.5 Å². The van der Waals surface area contributed by atoms with E-state index in [1.165, 1.54) is 6.07 Å². The lowest BCUT2D eigenvalue weighted by Gasteiger charge is -2.36. The first-order chi connectivity index (χ1) is 19.0. The van der Waals surface area contributed by atoms with E-state index in [0.29, 0.717) is 16.8 Å². The number of sulfone groups is 1. The van der Waals surface area contributed by atoms with Gasteiger partial charge in [-0.25, -0.2) is 18.4 Å². The molecule has 9 nitrogen and oxygen atoms in total. The van der Waals surface area contributed by atoms with Crippen LogP contribution < -0.4 is 10.2 Å². The van der Waals surface area contributed by atoms with Crippen molar-refractivity contribution in [3.8, 4) is 11.4 Å². The molecule has 0 unspecified atom stereocenters. The lowest BCUT2D eigenvalue weighted by atomic mass is 10.1. The third-order valence-corrected chi connectivity index (χ3v) is 8.31. The van der Waals surface area contributed by atoms with Gasteiger partial charge < -0.3 is 15.0 Å². The zero-order valence-electron chi connectivity index (χ0n) is 23.3. The second-order valence-corrected chi connectivity index (χ2v) is 12.5. The summed E-state index contributed by atoms with van der Waals surface area (Å²) in [6, 6.07) is 14.8. The number of aromatic nitrogens is 3. The highest BCUT2D eigenvalue weighted by Crippen LogP contribution is 2.25. The topological polar surface area (TPSA) is 114 Å². The van der Waals surface area contributed by atoms with Crippen molar-refractivity contribution in [3.05, 3.63) is 77.1 Å². The first kappa shape index (κ1) is 27.7. The van der Waals surface area contributed by atoms with Crippen LogP contribution in [0.25, 0.3) is 22.3 Å². The second-order valence-electron chi connectivity index (χ2n) is 10.5. The Hall–Kier alpha value is -3.89. The van der Waals surface area contributed by atoms with E-state index in [1.54, 1.807) is 26.1 Å². The van der Waals surface area contributed by atoms with Crippen LogP contribution in [0.5, 0.6) is 0 Å². The monoisotopic (exact) mass is 559 g/mol. The summed E-state index contributed by atoms with van der Waals surface area (Å²) in [7, 11) is -3.46. The SMILES string of the molecule is Cc1cc(C(=O)NCc2cc3nc(-c4cccc(N5C[C@@H](C)O[C@@H](C)C5)n4)ccc3cn2)cc(S(C)(=O)=O)c1C. The van der Waals surface area contributed by atoms with Gasteiger partial charge in [-0.05, 0) is 81.3 Å². The maximum Gasteiger partial charge on any atom is 0.251 e. The van der Waals surface area contributed by atoms with Crippen LogP contribution in [0.3, 0.4) is 0 Å². The Morgan fingerprint density at radius 2 is 1.75 bits per heavy atom. The van der Waals surface area contributed by atoms with Crippen LogP contribution in [0.2, 0.25) is 0 Å². The van der Waals surface area contributed by atoms with Gasteiger partial charge >= 0.3 is 0 Å². The standard InChI is InChI=1S/C30H33N5O4S/c1-18-11-23(12-28(21(18)4)40(5,37)38)30(36)32-15-24-13-27-22(14-31-24)9-10-26(33-27)25-7-6-8-29(34-25)35-16-19(2)39-20(3)17-35/h6-14,19-20H,15-17H2,1-5H3,(H,32,36)/t19-,20+. The maximum absolute atomic E-state index is 12.9. The van der Waals surface area contributed by atoms with Gasteiger partial charge in [-0.3, -0.25) is 9.78 Å². The van der Waals surface area contributed by atoms with Crippen LogP contribution in [0, 0.1) is 13.8 Å². The summed E-state index contributed by atoms with van der Waals surface area (Å²) >= 11 is 0. The molecule has 0 bridgehead atoms. The van der Waals surface area contributed by atoms with Crippen molar-refractivity contribution in [1.29, 1.82) is 0 Å². The molecular weight excluding hydrogens is 526 g/mol. The minimum absolute atomic E-state index is 0.135. The van der Waals surface area contributed by atoms with Gasteiger partial charge in [0.25, 0.3) is 5.91 Å². The molecule has 3 aromatic heterocycles. The van der Waals surface area contributed by atoms with E-state index in [-0.39, 0.29) is 29.6 Å². The molecule has 10 heteroatoms. The molecule has 4 heterocycles. The van der Waals surface area contributed by atoms with E-state index < -0.39 is 9.84 Å². The fourth-order valence-electron chi connectivity index (χ4n) is 5.02. The van der Waals surface area contributed by atoms with Gasteiger partial charge in [0.05, 0.1) is 46.2 Å². The summed E-state index contributed by atoms with van der Waals surface area (Å²) in [5.41, 5.74) is 4.57. The van der Waals surface area contributed by atoms with Crippen molar-refractivity contribution in [2.45, 2.75) is 51.3 Å². The van der Waals surface area contributed by atoms with Gasteiger partial charge in [0.15, 0.2) is 9.84 Å². The summed E-state index contributed by atoms with van der Waals surface area (Å²) in [6.45, 7) is 9.41. The second kappa shape index (κ2) is 10.9. The van der Waals surface area contributed by atoms with E-state index in [0.717, 1.165) is 53.0 Å². The van der Waals surface area contributed by atoms with Gasteiger partial charge in [-0.15, -0.1) is 0 Å². The molecule has 1 saturated heterocycles. The predicted octanol–water partition coefficient (Wildman–Crippen LogP) is 4.26. The number of pyridine rings is 3. The average Bonchev–Trinajstić information content (AvgIpc) is 2.91. The molecule has 5 rings (SSSR count). The van der Waals surface area contributed by atoms with Gasteiger partial charge in [0.1, 0.15) is 5.82 Å². The number of hydrogen-bond acceptors (Lipinski definition) is 8. The van der Waals surface area contributed by atoms with E-state index in [1.807, 2.05) is 36.4 Å². The first-order valence-corrected chi connectivity index (χ1v) is 15.1. The number of rotatable bonds is 6. The smallest absolute Gasteiger partial charge is 0.251 e. The van der Waals surface area contributed by atoms with Crippen molar-refractivity contribution in [1.82, 2.24) is 20.3 Å². The highest BCUT2D eigenvalue weighted by molar-refractivity contribution is 7.90. The molecule has 0 spiro atoms. The number of ether oxygens (including phenoxy) is 1. The van der Waals surface area contributed by atoms with Crippen molar-refractivity contribution < 1.29 is 17.9 Å². The minimum atomic E-state index is -3.46. The van der Waals surface area contributed by atoms with Crippen molar-refractivity contribution >= 4 is 32.5 Å². The molecule has 1 amide bonds. The molecule has 0 radical (unpaired) electrons. The third kappa shape index (κ3) is 5.97. The number of nitrogens with one attached hydrogen (secondary N) is 1. The fourth-order valence-corrected chi connectivity index (χ4v) is 6.08. The Balaban J connectivity index is 1.35. The van der Waals surface area contributed by atoms with E-state index >= 15 is 0 Å². The summed E-state index contributed by atoms with van der Waals surface area (Å²) in [4.78, 5) is 29.5. The number of fused-ring (bicyclic) bond motifs is 1. The Kier molecular flexibility index (Phi) is 7.57. The van der Waals surface area contributed by atoms with Gasteiger partial charge in [-0.1, -0.05) is 6.07 Å². The largest absolute Gasteiger partial charge is 0.372 e. The molecule has 4 aromatic rings. The highest BCUT2D eigenvalue weighted by atomic mass is 32.2. The van der Waals surface area contributed by atoms with Gasteiger partial charge in [0.2, 0.25) is 0 Å². The molecule has 0 aliphatic carbocycles. The third-order valence-electron chi connectivity index (χ3n) is 7.08. The number of carbonyl (C=O) groups is 1. The maximum atomic E-state index is 12.9. The summed E-state index contributed by atoms with van der Waals surface area (Å²) in [5.74, 6) is 0.522. The molecule has 208 valence electrons. The van der Waals surface area contributed by atoms with Crippen LogP contribution >= 0.6 is 0 Å². The zero-order chi connectivity index (χ0) is 28.6. The number of hydrogen-bond donors (Lipinski definition) is 1. The summed E-state index contributed by atoms with van der Waals surface area (Å²) < 4.78 is 30.2. The number of morpholine rings is 1. The lowest BCUT2D eigenvalue weighted by molar-refractivity contribution is -0.00545. The minimum Gasteiger partial charge on any atom is -0.372 e. The number of anilines is 1. The van der Waals surface area contributed by atoms with Crippen molar-refractivity contribution in [2.24, 2.45) is 0 Å². The molecule has 1 fully saturated rings. The molecule has 2 atom stereocenters. The van der Waals surface area contributed by atoms with Crippen LogP contribution in [0.4, 0.5) is 5.82 Å². The number of carbonyl (C=O) groups excluding carboxylic acids is 1. The Morgan fingerprint density at radius 1 is 1.02 bits per heavy atom. The molecule has 40 heavy (non-hydrogen) atoms. The summed E-state index contributed by atoms with van der Waals surface area (Å²) in [5, 5.41) is 3.72. The van der Waals surface area contributed by atoms with E-state index in [2.05, 4.69) is 29.0 Å². The predicted molar refractivity (Wildman–Crippen MR) is 155 cm³/mol. The van der Waals surface area contributed by atoms with E-state index in [9.17, 15) is 13.2 Å². The molecule has 0 saturated carbocycles. The zero-order valence-corrected chi connectivity index (χ0v) is 24.1. The van der Waals surface area contributed by atoms with Crippen molar-refractivity contribution in [2.75, 3.05) is 24.2 Å². The average molecular weight is 560 g/mol. The Bertz CT molecular complexity index is 1700. The fraction of sp³-hybridized carbons (Fsp3) is 0.333. The molecule has 1 N–H and O–H groups in total. The normalized spacial score (nSPS) is 17.7. The Morgan fingerprint density at radius 3 is 2.48 bits per heavy atom. The number of amides is 1. The van der Waals surface area contributed by atoms with Gasteiger partial charge in [-0.2, -0.15) is 0 Å². The quantitative estimate of drug-likeness (QED) is 0.373. The molecular formula is C30H33N5O4S. The van der Waals surface area contributed by atoms with Crippen LogP contribution in [-0.4, -0.2) is 60.8 Å². The molecule has 1 aromatic carbocycles. The molecule has 1 aliphatic rings. The number of benzene rings is 1. The van der Waals surface area contributed by atoms with Crippen LogP contribution in [0.15, 0.2) is 59.6 Å². The van der Waals surface area contributed by atoms with E-state index in [4.69, 9.17) is 14.7 Å².